The Hall–Kier alpha value is -3.95. The van der Waals surface area contributed by atoms with Crippen LogP contribution in [0.5, 0.6) is 5.75 Å². The molecule has 2 bridgehead atoms. The predicted octanol–water partition coefficient (Wildman–Crippen LogP) is 4.59. The Morgan fingerprint density at radius 1 is 1.02 bits per heavy atom. The molecule has 1 N–H and O–H groups in total. The smallest absolute Gasteiger partial charge is 0.253 e. The second-order valence-corrected chi connectivity index (χ2v) is 12.2. The van der Waals surface area contributed by atoms with Gasteiger partial charge in [0.15, 0.2) is 0 Å². The molecule has 9 heteroatoms. The molecule has 2 aromatic rings. The van der Waals surface area contributed by atoms with Crippen LogP contribution in [0.3, 0.4) is 0 Å². The van der Waals surface area contributed by atoms with Crippen molar-refractivity contribution in [2.75, 3.05) is 42.6 Å². The summed E-state index contributed by atoms with van der Waals surface area (Å²) in [5, 5.41) is 10.1. The number of carbonyl (C=O) groups is 3. The first-order valence-corrected chi connectivity index (χ1v) is 15.9. The molecule has 9 nitrogen and oxygen atoms in total. The molecule has 3 aliphatic rings. The van der Waals surface area contributed by atoms with Crippen molar-refractivity contribution in [2.24, 2.45) is 11.8 Å². The van der Waals surface area contributed by atoms with Crippen molar-refractivity contribution in [1.82, 2.24) is 4.90 Å². The van der Waals surface area contributed by atoms with Crippen LogP contribution in [-0.2, 0) is 19.1 Å². The Morgan fingerprint density at radius 2 is 1.67 bits per heavy atom. The molecule has 5 atom stereocenters. The molecule has 45 heavy (non-hydrogen) atoms. The third-order valence-corrected chi connectivity index (χ3v) is 9.85. The first kappa shape index (κ1) is 32.4. The third-order valence-electron chi connectivity index (χ3n) is 9.85. The molecular weight excluding hydrogens is 570 g/mol. The minimum atomic E-state index is -1.21. The molecule has 1 spiro atoms. The highest BCUT2D eigenvalue weighted by atomic mass is 16.5. The Balaban J connectivity index is 1.60. The van der Waals surface area contributed by atoms with Crippen molar-refractivity contribution in [2.45, 2.75) is 64.2 Å². The van der Waals surface area contributed by atoms with E-state index in [-0.39, 0.29) is 44.0 Å². The van der Waals surface area contributed by atoms with Gasteiger partial charge in [-0.05, 0) is 75.4 Å². The van der Waals surface area contributed by atoms with E-state index < -0.39 is 29.1 Å². The Morgan fingerprint density at radius 3 is 2.24 bits per heavy atom. The van der Waals surface area contributed by atoms with Crippen molar-refractivity contribution in [3.63, 3.8) is 0 Å². The number of rotatable bonds is 13. The topological polar surface area (TPSA) is 99.6 Å². The standard InChI is InChI=1S/C36H45N3O6/c1-7-20-37(26-14-16-27(17-15-26)44-10-4)32(41)28-29-33(42)39(22-23-40)31(36(29)19-18-35(28,9-3)45-36)34(43)38(21-8-2)30-24(5)12-11-13-25(30)6/h7-8,11-17,28-29,31,40H,1-2,9-10,18-23H2,3-6H3/t28-,29+,31?,35+,36?/m1/s1. The first-order chi connectivity index (χ1) is 21.6. The highest BCUT2D eigenvalue weighted by molar-refractivity contribution is 6.07. The van der Waals surface area contributed by atoms with Gasteiger partial charge in [0.1, 0.15) is 17.4 Å². The molecule has 240 valence electrons. The van der Waals surface area contributed by atoms with Crippen LogP contribution < -0.4 is 14.5 Å². The normalized spacial score (nSPS) is 26.5. The molecule has 0 saturated carbocycles. The van der Waals surface area contributed by atoms with E-state index in [0.29, 0.717) is 37.3 Å². The van der Waals surface area contributed by atoms with Crippen molar-refractivity contribution < 1.29 is 29.0 Å². The van der Waals surface area contributed by atoms with Gasteiger partial charge < -0.3 is 29.3 Å². The highest BCUT2D eigenvalue weighted by Gasteiger charge is 2.79. The third kappa shape index (κ3) is 5.16. The highest BCUT2D eigenvalue weighted by Crippen LogP contribution is 2.64. The van der Waals surface area contributed by atoms with Crippen LogP contribution >= 0.6 is 0 Å². The number of para-hydroxylation sites is 1. The lowest BCUT2D eigenvalue weighted by atomic mass is 9.64. The maximum absolute atomic E-state index is 14.8. The average molecular weight is 616 g/mol. The molecule has 3 fully saturated rings. The van der Waals surface area contributed by atoms with Gasteiger partial charge in [0, 0.05) is 31.0 Å². The van der Waals surface area contributed by atoms with Gasteiger partial charge in [-0.2, -0.15) is 0 Å². The monoisotopic (exact) mass is 615 g/mol. The van der Waals surface area contributed by atoms with Crippen LogP contribution in [0.4, 0.5) is 11.4 Å². The number of likely N-dealkylation sites (tertiary alicyclic amines) is 1. The Kier molecular flexibility index (Phi) is 9.23. The van der Waals surface area contributed by atoms with Crippen molar-refractivity contribution in [3.8, 4) is 5.75 Å². The number of carbonyl (C=O) groups excluding carboxylic acids is 3. The minimum Gasteiger partial charge on any atom is -0.494 e. The molecule has 3 amide bonds. The Labute approximate surface area is 266 Å². The molecule has 2 aromatic carbocycles. The van der Waals surface area contributed by atoms with Crippen molar-refractivity contribution in [3.05, 3.63) is 78.9 Å². The number of amides is 3. The number of hydrogen-bond acceptors (Lipinski definition) is 6. The maximum atomic E-state index is 14.8. The summed E-state index contributed by atoms with van der Waals surface area (Å²) in [6, 6.07) is 12.1. The zero-order chi connectivity index (χ0) is 32.5. The zero-order valence-corrected chi connectivity index (χ0v) is 26.8. The number of anilines is 2. The second kappa shape index (κ2) is 12.8. The fourth-order valence-corrected chi connectivity index (χ4v) is 8.03. The van der Waals surface area contributed by atoms with Crippen LogP contribution in [0.1, 0.15) is 44.2 Å². The van der Waals surface area contributed by atoms with E-state index in [1.54, 1.807) is 22.0 Å². The van der Waals surface area contributed by atoms with Gasteiger partial charge >= 0.3 is 0 Å². The molecule has 0 aromatic heterocycles. The van der Waals surface area contributed by atoms with E-state index in [1.165, 1.54) is 4.90 Å². The molecule has 3 heterocycles. The molecule has 0 radical (unpaired) electrons. The lowest BCUT2D eigenvalue weighted by Gasteiger charge is -2.37. The number of aryl methyl sites for hydroxylation is 2. The van der Waals surface area contributed by atoms with E-state index in [2.05, 4.69) is 13.2 Å². The van der Waals surface area contributed by atoms with E-state index in [0.717, 1.165) is 16.8 Å². The number of hydrogen-bond donors (Lipinski definition) is 1. The van der Waals surface area contributed by atoms with Gasteiger partial charge in [-0.15, -0.1) is 13.2 Å². The summed E-state index contributed by atoms with van der Waals surface area (Å²) in [4.78, 5) is 48.8. The number of benzene rings is 2. The van der Waals surface area contributed by atoms with Gasteiger partial charge in [-0.1, -0.05) is 37.3 Å². The lowest BCUT2D eigenvalue weighted by Crippen LogP contribution is -2.57. The largest absolute Gasteiger partial charge is 0.494 e. The summed E-state index contributed by atoms with van der Waals surface area (Å²) in [5.41, 5.74) is 1.13. The molecule has 2 unspecified atom stereocenters. The summed E-state index contributed by atoms with van der Waals surface area (Å²) in [5.74, 6) is -1.87. The van der Waals surface area contributed by atoms with Crippen LogP contribution in [0.25, 0.3) is 0 Å². The quantitative estimate of drug-likeness (QED) is 0.331. The van der Waals surface area contributed by atoms with E-state index in [9.17, 15) is 19.5 Å². The zero-order valence-electron chi connectivity index (χ0n) is 26.8. The van der Waals surface area contributed by atoms with E-state index >= 15 is 0 Å². The summed E-state index contributed by atoms with van der Waals surface area (Å²) in [7, 11) is 0. The summed E-state index contributed by atoms with van der Waals surface area (Å²) < 4.78 is 12.6. The molecule has 0 aliphatic carbocycles. The summed E-state index contributed by atoms with van der Waals surface area (Å²) in [6.07, 6.45) is 4.83. The van der Waals surface area contributed by atoms with Gasteiger partial charge in [-0.25, -0.2) is 0 Å². The number of β-amino-alcohol motifs (C(OH)–C–C–N with tert-alkyl or cyclic N) is 1. The fourth-order valence-electron chi connectivity index (χ4n) is 8.03. The van der Waals surface area contributed by atoms with Crippen LogP contribution in [0.2, 0.25) is 0 Å². The summed E-state index contributed by atoms with van der Waals surface area (Å²) in [6.45, 7) is 16.2. The fraction of sp³-hybridized carbons (Fsp3) is 0.472. The van der Waals surface area contributed by atoms with Gasteiger partial charge in [-0.3, -0.25) is 14.4 Å². The number of fused-ring (bicyclic) bond motifs is 1. The minimum absolute atomic E-state index is 0.0408. The van der Waals surface area contributed by atoms with E-state index in [1.807, 2.05) is 70.2 Å². The van der Waals surface area contributed by atoms with Gasteiger partial charge in [0.05, 0.1) is 30.7 Å². The van der Waals surface area contributed by atoms with Crippen LogP contribution in [-0.4, -0.2) is 77.8 Å². The lowest BCUT2D eigenvalue weighted by molar-refractivity contribution is -0.146. The van der Waals surface area contributed by atoms with Gasteiger partial charge in [0.25, 0.3) is 5.91 Å². The predicted molar refractivity (Wildman–Crippen MR) is 174 cm³/mol. The van der Waals surface area contributed by atoms with Crippen molar-refractivity contribution in [1.29, 1.82) is 0 Å². The summed E-state index contributed by atoms with van der Waals surface area (Å²) >= 11 is 0. The Bertz CT molecular complexity index is 1450. The number of ether oxygens (including phenoxy) is 2. The molecule has 3 aliphatic heterocycles. The number of aliphatic hydroxyl groups is 1. The maximum Gasteiger partial charge on any atom is 0.253 e. The number of aliphatic hydroxyl groups excluding tert-OH is 1. The number of nitrogens with zero attached hydrogens (tertiary/aromatic N) is 3. The van der Waals surface area contributed by atoms with Gasteiger partial charge in [0.2, 0.25) is 11.8 Å². The average Bonchev–Trinajstić information content (AvgIpc) is 3.63. The van der Waals surface area contributed by atoms with Crippen LogP contribution in [0, 0.1) is 25.7 Å². The molecule has 3 saturated heterocycles. The SMILES string of the molecule is C=CCN(C(=O)[C@H]1[C@H]2C(=O)N(CCO)C(C(=O)N(CC=C)c3c(C)cccc3C)C23CC[C@]1(CC)O3)c1ccc(OCC)cc1. The van der Waals surface area contributed by atoms with E-state index in [4.69, 9.17) is 9.47 Å². The molecule has 5 rings (SSSR count). The van der Waals surface area contributed by atoms with Crippen LogP contribution in [0.15, 0.2) is 67.8 Å². The molecular formula is C36H45N3O6. The second-order valence-electron chi connectivity index (χ2n) is 12.2. The first-order valence-electron chi connectivity index (χ1n) is 15.9. The van der Waals surface area contributed by atoms with Crippen molar-refractivity contribution >= 4 is 29.1 Å².